The highest BCUT2D eigenvalue weighted by Gasteiger charge is 2.00. The maximum absolute atomic E-state index is 8.76. The molecule has 0 bridgehead atoms. The molecule has 1 N–H and O–H groups in total. The molecule has 0 aliphatic rings. The zero-order valence-electron chi connectivity index (χ0n) is 8.54. The fourth-order valence-electron chi connectivity index (χ4n) is 1.15. The van der Waals surface area contributed by atoms with E-state index in [1.807, 2.05) is 13.0 Å². The summed E-state index contributed by atoms with van der Waals surface area (Å²) in [6.07, 6.45) is 2.87. The molecule has 0 spiro atoms. The van der Waals surface area contributed by atoms with Crippen LogP contribution in [0.15, 0.2) is 12.7 Å². The van der Waals surface area contributed by atoms with Gasteiger partial charge in [-0.15, -0.1) is 6.58 Å². The Morgan fingerprint density at radius 3 is 2.77 bits per heavy atom. The third-order valence-electron chi connectivity index (χ3n) is 1.77. The second kappa shape index (κ2) is 9.71. The summed E-state index contributed by atoms with van der Waals surface area (Å²) >= 11 is 0. The quantitative estimate of drug-likeness (QED) is 0.430. The van der Waals surface area contributed by atoms with Crippen molar-refractivity contribution < 1.29 is 9.84 Å². The first-order valence-electron chi connectivity index (χ1n) is 4.87. The van der Waals surface area contributed by atoms with E-state index in [-0.39, 0.29) is 6.61 Å². The SMILES string of the molecule is C=CCN(CCO)CCCOCC. The van der Waals surface area contributed by atoms with E-state index >= 15 is 0 Å². The Morgan fingerprint density at radius 1 is 1.46 bits per heavy atom. The van der Waals surface area contributed by atoms with E-state index in [4.69, 9.17) is 9.84 Å². The Morgan fingerprint density at radius 2 is 2.23 bits per heavy atom. The lowest BCUT2D eigenvalue weighted by Gasteiger charge is -2.18. The molecule has 0 rings (SSSR count). The fraction of sp³-hybridized carbons (Fsp3) is 0.800. The Labute approximate surface area is 81.0 Å². The highest BCUT2D eigenvalue weighted by atomic mass is 16.5. The molecular weight excluding hydrogens is 166 g/mol. The van der Waals surface area contributed by atoms with Crippen molar-refractivity contribution in [2.75, 3.05) is 39.5 Å². The van der Waals surface area contributed by atoms with Crippen LogP contribution >= 0.6 is 0 Å². The number of aliphatic hydroxyl groups excluding tert-OH is 1. The number of aliphatic hydroxyl groups is 1. The van der Waals surface area contributed by atoms with Gasteiger partial charge in [0.25, 0.3) is 0 Å². The molecule has 3 heteroatoms. The van der Waals surface area contributed by atoms with Crippen LogP contribution in [0.2, 0.25) is 0 Å². The van der Waals surface area contributed by atoms with Crippen LogP contribution < -0.4 is 0 Å². The molecule has 0 saturated heterocycles. The minimum Gasteiger partial charge on any atom is -0.395 e. The molecule has 3 nitrogen and oxygen atoms in total. The average molecular weight is 187 g/mol. The minimum absolute atomic E-state index is 0.211. The molecule has 0 heterocycles. The van der Waals surface area contributed by atoms with Crippen LogP contribution in [0.25, 0.3) is 0 Å². The van der Waals surface area contributed by atoms with Crippen LogP contribution in [0.4, 0.5) is 0 Å². The highest BCUT2D eigenvalue weighted by Crippen LogP contribution is 1.92. The lowest BCUT2D eigenvalue weighted by Crippen LogP contribution is -2.28. The van der Waals surface area contributed by atoms with E-state index in [1.165, 1.54) is 0 Å². The minimum atomic E-state index is 0.211. The summed E-state index contributed by atoms with van der Waals surface area (Å²) in [5, 5.41) is 8.76. The van der Waals surface area contributed by atoms with Crippen molar-refractivity contribution in [3.63, 3.8) is 0 Å². The number of hydrogen-bond acceptors (Lipinski definition) is 3. The molecule has 0 aliphatic heterocycles. The van der Waals surface area contributed by atoms with Gasteiger partial charge in [-0.2, -0.15) is 0 Å². The first-order chi connectivity index (χ1) is 6.35. The maximum atomic E-state index is 8.76. The van der Waals surface area contributed by atoms with Gasteiger partial charge in [-0.05, 0) is 13.3 Å². The van der Waals surface area contributed by atoms with Gasteiger partial charge in [0.2, 0.25) is 0 Å². The number of hydrogen-bond donors (Lipinski definition) is 1. The van der Waals surface area contributed by atoms with E-state index in [0.29, 0.717) is 0 Å². The van der Waals surface area contributed by atoms with Gasteiger partial charge in [0.1, 0.15) is 0 Å². The van der Waals surface area contributed by atoms with Crippen LogP contribution in [0.1, 0.15) is 13.3 Å². The number of ether oxygens (including phenoxy) is 1. The van der Waals surface area contributed by atoms with Crippen LogP contribution in [0.3, 0.4) is 0 Å². The monoisotopic (exact) mass is 187 g/mol. The molecule has 78 valence electrons. The Kier molecular flexibility index (Phi) is 9.42. The van der Waals surface area contributed by atoms with Gasteiger partial charge in [-0.1, -0.05) is 6.08 Å². The Bertz CT molecular complexity index is 117. The second-order valence-corrected chi connectivity index (χ2v) is 2.86. The van der Waals surface area contributed by atoms with Crippen LogP contribution in [-0.4, -0.2) is 49.5 Å². The van der Waals surface area contributed by atoms with Crippen molar-refractivity contribution in [2.45, 2.75) is 13.3 Å². The van der Waals surface area contributed by atoms with Gasteiger partial charge < -0.3 is 9.84 Å². The van der Waals surface area contributed by atoms with E-state index < -0.39 is 0 Å². The smallest absolute Gasteiger partial charge is 0.0558 e. The molecule has 0 radical (unpaired) electrons. The van der Waals surface area contributed by atoms with Gasteiger partial charge in [-0.3, -0.25) is 4.90 Å². The maximum Gasteiger partial charge on any atom is 0.0558 e. The van der Waals surface area contributed by atoms with Crippen LogP contribution in [-0.2, 0) is 4.74 Å². The van der Waals surface area contributed by atoms with Crippen molar-refractivity contribution in [2.24, 2.45) is 0 Å². The Hall–Kier alpha value is -0.380. The molecule has 0 unspecified atom stereocenters. The zero-order valence-corrected chi connectivity index (χ0v) is 8.54. The van der Waals surface area contributed by atoms with Crippen molar-refractivity contribution in [1.82, 2.24) is 4.90 Å². The largest absolute Gasteiger partial charge is 0.395 e. The lowest BCUT2D eigenvalue weighted by molar-refractivity contribution is 0.128. The normalized spacial score (nSPS) is 10.7. The summed E-state index contributed by atoms with van der Waals surface area (Å²) in [7, 11) is 0. The predicted octanol–water partition coefficient (Wildman–Crippen LogP) is 0.893. The molecule has 13 heavy (non-hydrogen) atoms. The third kappa shape index (κ3) is 7.96. The molecule has 0 aromatic heterocycles. The van der Waals surface area contributed by atoms with Crippen LogP contribution in [0, 0.1) is 0 Å². The van der Waals surface area contributed by atoms with Crippen molar-refractivity contribution in [3.05, 3.63) is 12.7 Å². The molecule has 0 fully saturated rings. The lowest BCUT2D eigenvalue weighted by atomic mass is 10.3. The van der Waals surface area contributed by atoms with Gasteiger partial charge in [0, 0.05) is 32.8 Å². The zero-order chi connectivity index (χ0) is 9.94. The molecule has 0 aromatic rings. The van der Waals surface area contributed by atoms with Crippen LogP contribution in [0.5, 0.6) is 0 Å². The van der Waals surface area contributed by atoms with Crippen molar-refractivity contribution >= 4 is 0 Å². The summed E-state index contributed by atoms with van der Waals surface area (Å²) in [5.74, 6) is 0. The summed E-state index contributed by atoms with van der Waals surface area (Å²) < 4.78 is 5.23. The van der Waals surface area contributed by atoms with E-state index in [0.717, 1.165) is 39.3 Å². The molecule has 0 saturated carbocycles. The van der Waals surface area contributed by atoms with Gasteiger partial charge in [0.05, 0.1) is 6.61 Å². The standard InChI is InChI=1S/C10H21NO2/c1-3-6-11(8-9-12)7-5-10-13-4-2/h3,12H,1,4-10H2,2H3. The van der Waals surface area contributed by atoms with E-state index in [9.17, 15) is 0 Å². The highest BCUT2D eigenvalue weighted by molar-refractivity contribution is 4.73. The second-order valence-electron chi connectivity index (χ2n) is 2.86. The molecule has 0 amide bonds. The molecular formula is C10H21NO2. The van der Waals surface area contributed by atoms with Gasteiger partial charge in [-0.25, -0.2) is 0 Å². The molecule has 0 atom stereocenters. The van der Waals surface area contributed by atoms with Crippen molar-refractivity contribution in [3.8, 4) is 0 Å². The average Bonchev–Trinajstić information content (AvgIpc) is 2.13. The predicted molar refractivity (Wildman–Crippen MR) is 54.8 cm³/mol. The summed E-state index contributed by atoms with van der Waals surface area (Å²) in [6, 6.07) is 0. The topological polar surface area (TPSA) is 32.7 Å². The first kappa shape index (κ1) is 12.6. The summed E-state index contributed by atoms with van der Waals surface area (Å²) in [6.45, 7) is 9.98. The Balaban J connectivity index is 3.38. The molecule has 0 aromatic carbocycles. The van der Waals surface area contributed by atoms with Gasteiger partial charge >= 0.3 is 0 Å². The fourth-order valence-corrected chi connectivity index (χ4v) is 1.15. The number of nitrogens with zero attached hydrogens (tertiary/aromatic N) is 1. The summed E-state index contributed by atoms with van der Waals surface area (Å²) in [5.41, 5.74) is 0. The van der Waals surface area contributed by atoms with Gasteiger partial charge in [0.15, 0.2) is 0 Å². The van der Waals surface area contributed by atoms with Crippen molar-refractivity contribution in [1.29, 1.82) is 0 Å². The summed E-state index contributed by atoms with van der Waals surface area (Å²) in [4.78, 5) is 2.16. The third-order valence-corrected chi connectivity index (χ3v) is 1.77. The van der Waals surface area contributed by atoms with E-state index in [2.05, 4.69) is 11.5 Å². The first-order valence-corrected chi connectivity index (χ1v) is 4.87. The number of rotatable bonds is 9. The molecule has 0 aliphatic carbocycles. The van der Waals surface area contributed by atoms with E-state index in [1.54, 1.807) is 0 Å².